The number of rotatable bonds is 55. The Labute approximate surface area is 525 Å². The summed E-state index contributed by atoms with van der Waals surface area (Å²) in [5.41, 5.74) is 0. The number of carbonyl (C=O) groups is 1. The first kappa shape index (κ1) is 79.8. The van der Waals surface area contributed by atoms with E-state index in [-0.39, 0.29) is 18.9 Å². The molecular formula is C68H129NO18. The number of aliphatic hydroxyl groups excluding tert-OH is 11. The summed E-state index contributed by atoms with van der Waals surface area (Å²) >= 11 is 0. The zero-order chi connectivity index (χ0) is 63.3. The third-order valence-corrected chi connectivity index (χ3v) is 18.1. The molecule has 1 amide bonds. The molecule has 3 rings (SSSR count). The van der Waals surface area contributed by atoms with Gasteiger partial charge in [-0.15, -0.1) is 0 Å². The summed E-state index contributed by atoms with van der Waals surface area (Å²) in [6, 6.07) is -0.886. The Morgan fingerprint density at radius 2 is 0.724 bits per heavy atom. The Morgan fingerprint density at radius 3 is 1.11 bits per heavy atom. The lowest BCUT2D eigenvalue weighted by Crippen LogP contribution is -2.66. The van der Waals surface area contributed by atoms with Crippen molar-refractivity contribution < 1.29 is 89.4 Å². The van der Waals surface area contributed by atoms with Crippen LogP contribution < -0.4 is 5.32 Å². The summed E-state index contributed by atoms with van der Waals surface area (Å²) in [6.07, 6.45) is 28.5. The zero-order valence-electron chi connectivity index (χ0n) is 54.3. The summed E-state index contributed by atoms with van der Waals surface area (Å²) in [5.74, 6) is -0.240. The van der Waals surface area contributed by atoms with Gasteiger partial charge in [0.2, 0.25) is 5.91 Å². The van der Waals surface area contributed by atoms with E-state index in [4.69, 9.17) is 28.4 Å². The maximum atomic E-state index is 13.4. The number of hydrogen-bond acceptors (Lipinski definition) is 18. The minimum Gasteiger partial charge on any atom is -0.394 e. The van der Waals surface area contributed by atoms with Gasteiger partial charge in [0.05, 0.1) is 38.6 Å². The van der Waals surface area contributed by atoms with Gasteiger partial charge in [-0.2, -0.15) is 0 Å². The summed E-state index contributed by atoms with van der Waals surface area (Å²) in [6.45, 7) is 1.84. The van der Waals surface area contributed by atoms with Crippen LogP contribution in [0, 0.1) is 0 Å². The molecule has 3 saturated heterocycles. The molecule has 19 heteroatoms. The normalized spacial score (nSPS) is 28.6. The summed E-state index contributed by atoms with van der Waals surface area (Å²) in [7, 11) is 0. The molecule has 87 heavy (non-hydrogen) atoms. The highest BCUT2D eigenvalue weighted by Gasteiger charge is 2.53. The molecule has 17 atom stereocenters. The van der Waals surface area contributed by atoms with E-state index in [1.165, 1.54) is 199 Å². The molecular weight excluding hydrogens is 1120 g/mol. The van der Waals surface area contributed by atoms with Crippen molar-refractivity contribution in [2.45, 2.75) is 388 Å². The Morgan fingerprint density at radius 1 is 0.402 bits per heavy atom. The zero-order valence-corrected chi connectivity index (χ0v) is 54.3. The second-order valence-corrected chi connectivity index (χ2v) is 25.7. The van der Waals surface area contributed by atoms with Crippen molar-refractivity contribution in [2.75, 3.05) is 26.4 Å². The number of nitrogens with one attached hydrogen (secondary N) is 1. The number of carbonyl (C=O) groups excluding carboxylic acids is 1. The van der Waals surface area contributed by atoms with Crippen LogP contribution in [0.3, 0.4) is 0 Å². The number of hydrogen-bond donors (Lipinski definition) is 12. The second kappa shape index (κ2) is 51.0. The van der Waals surface area contributed by atoms with Gasteiger partial charge in [0.25, 0.3) is 0 Å². The molecule has 0 aromatic heterocycles. The fraction of sp³-hybridized carbons (Fsp3) is 0.956. The van der Waals surface area contributed by atoms with Crippen LogP contribution in [-0.2, 0) is 33.2 Å². The Hall–Kier alpha value is -1.47. The first-order valence-electron chi connectivity index (χ1n) is 35.4. The third-order valence-electron chi connectivity index (χ3n) is 18.1. The maximum absolute atomic E-state index is 13.4. The molecule has 3 heterocycles. The van der Waals surface area contributed by atoms with Gasteiger partial charge in [-0.3, -0.25) is 4.79 Å². The maximum Gasteiger partial charge on any atom is 0.220 e. The van der Waals surface area contributed by atoms with Crippen LogP contribution in [0.4, 0.5) is 0 Å². The summed E-state index contributed by atoms with van der Waals surface area (Å²) in [5, 5.41) is 121. The van der Waals surface area contributed by atoms with E-state index in [0.717, 1.165) is 51.4 Å². The minimum absolute atomic E-state index is 0.240. The van der Waals surface area contributed by atoms with Gasteiger partial charge in [0, 0.05) is 6.42 Å². The van der Waals surface area contributed by atoms with Crippen LogP contribution in [0.15, 0.2) is 12.2 Å². The third kappa shape index (κ3) is 33.3. The molecule has 0 saturated carbocycles. The molecule has 514 valence electrons. The van der Waals surface area contributed by atoms with Crippen LogP contribution in [0.5, 0.6) is 0 Å². The number of allylic oxidation sites excluding steroid dienone is 2. The van der Waals surface area contributed by atoms with Crippen molar-refractivity contribution in [1.82, 2.24) is 5.32 Å². The van der Waals surface area contributed by atoms with Crippen molar-refractivity contribution >= 4 is 5.91 Å². The molecule has 3 aliphatic heterocycles. The number of ether oxygens (including phenoxy) is 6. The fourth-order valence-corrected chi connectivity index (χ4v) is 12.3. The van der Waals surface area contributed by atoms with Crippen molar-refractivity contribution in [3.63, 3.8) is 0 Å². The van der Waals surface area contributed by atoms with E-state index in [1.807, 2.05) is 0 Å². The Kier molecular flexibility index (Phi) is 46.8. The minimum atomic E-state index is -1.97. The first-order valence-corrected chi connectivity index (χ1v) is 35.4. The molecule has 3 fully saturated rings. The van der Waals surface area contributed by atoms with Gasteiger partial charge >= 0.3 is 0 Å². The number of amides is 1. The molecule has 0 radical (unpaired) electrons. The molecule has 0 bridgehead atoms. The van der Waals surface area contributed by atoms with Gasteiger partial charge in [-0.25, -0.2) is 0 Å². The molecule has 12 N–H and O–H groups in total. The van der Waals surface area contributed by atoms with Gasteiger partial charge in [-0.05, 0) is 38.5 Å². The predicted molar refractivity (Wildman–Crippen MR) is 337 cm³/mol. The van der Waals surface area contributed by atoms with Gasteiger partial charge in [-0.1, -0.05) is 251 Å². The highest BCUT2D eigenvalue weighted by molar-refractivity contribution is 5.76. The lowest BCUT2D eigenvalue weighted by Gasteiger charge is -2.48. The Balaban J connectivity index is 1.43. The number of aliphatic hydroxyl groups is 11. The van der Waals surface area contributed by atoms with Gasteiger partial charge < -0.3 is 89.9 Å². The fourth-order valence-electron chi connectivity index (χ4n) is 12.3. The van der Waals surface area contributed by atoms with Crippen molar-refractivity contribution in [3.8, 4) is 0 Å². The molecule has 0 aliphatic carbocycles. The van der Waals surface area contributed by atoms with Crippen molar-refractivity contribution in [1.29, 1.82) is 0 Å². The van der Waals surface area contributed by atoms with Crippen LogP contribution in [0.25, 0.3) is 0 Å². The van der Waals surface area contributed by atoms with Crippen LogP contribution in [-0.4, -0.2) is 193 Å². The first-order chi connectivity index (χ1) is 42.3. The monoisotopic (exact) mass is 1250 g/mol. The highest BCUT2D eigenvalue weighted by atomic mass is 16.8. The van der Waals surface area contributed by atoms with E-state index in [1.54, 1.807) is 0 Å². The largest absolute Gasteiger partial charge is 0.394 e. The van der Waals surface area contributed by atoms with E-state index < -0.39 is 124 Å². The molecule has 19 nitrogen and oxygen atoms in total. The smallest absolute Gasteiger partial charge is 0.220 e. The lowest BCUT2D eigenvalue weighted by atomic mass is 9.96. The molecule has 17 unspecified atom stereocenters. The summed E-state index contributed by atoms with van der Waals surface area (Å²) in [4.78, 5) is 13.4. The topological polar surface area (TPSA) is 307 Å². The highest BCUT2D eigenvalue weighted by Crippen LogP contribution is 2.33. The van der Waals surface area contributed by atoms with Crippen LogP contribution in [0.2, 0.25) is 0 Å². The second-order valence-electron chi connectivity index (χ2n) is 25.7. The van der Waals surface area contributed by atoms with E-state index in [9.17, 15) is 61.0 Å². The van der Waals surface area contributed by atoms with Crippen molar-refractivity contribution in [2.24, 2.45) is 0 Å². The van der Waals surface area contributed by atoms with E-state index in [0.29, 0.717) is 12.8 Å². The molecule has 0 spiro atoms. The van der Waals surface area contributed by atoms with Crippen LogP contribution >= 0.6 is 0 Å². The SMILES string of the molecule is CCCCCCCCCC/C=C\CCCCCCCCCCCC(=O)NC(COC1OC(CO)C(OC2OC(CO)C(OC3OC(CO)C(O)C(O)C3O)C(O)C2O)C(O)C1O)C(O)CCCCCCCCCCCCCCCCCCCCCCC. The van der Waals surface area contributed by atoms with Gasteiger partial charge in [0.1, 0.15) is 73.2 Å². The average molecular weight is 1250 g/mol. The lowest BCUT2D eigenvalue weighted by molar-refractivity contribution is -0.379. The van der Waals surface area contributed by atoms with E-state index in [2.05, 4.69) is 31.3 Å². The van der Waals surface area contributed by atoms with Gasteiger partial charge in [0.15, 0.2) is 18.9 Å². The van der Waals surface area contributed by atoms with Crippen molar-refractivity contribution in [3.05, 3.63) is 12.2 Å². The Bertz CT molecular complexity index is 1630. The molecule has 0 aromatic rings. The number of unbranched alkanes of at least 4 members (excludes halogenated alkanes) is 37. The average Bonchev–Trinajstić information content (AvgIpc) is 2.40. The van der Waals surface area contributed by atoms with Crippen LogP contribution in [0.1, 0.15) is 284 Å². The predicted octanol–water partition coefficient (Wildman–Crippen LogP) is 9.28. The van der Waals surface area contributed by atoms with E-state index >= 15 is 0 Å². The quantitative estimate of drug-likeness (QED) is 0.0199. The standard InChI is InChI=1S/C68H129NO18/c1-3-5-7-9-11-13-15-17-19-21-23-25-27-29-31-33-35-37-39-41-43-45-52(73)51(69-56(74)46-44-42-40-38-36-34-32-30-28-26-24-22-20-18-16-14-12-10-8-6-4-2)50-82-66-62(80)59(77)64(54(48-71)84-66)87-68-63(81)60(78)65(55(49-72)85-68)86-67-61(79)58(76)57(75)53(47-70)83-67/h22,24,51-55,57-68,70-73,75-81H,3-21,23,25-50H2,1-2H3,(H,69,74)/b24-22-. The summed E-state index contributed by atoms with van der Waals surface area (Å²) < 4.78 is 34.4. The molecule has 0 aromatic carbocycles. The molecule has 3 aliphatic rings.